The molecule has 138 valence electrons. The molecule has 0 spiro atoms. The van der Waals surface area contributed by atoms with Gasteiger partial charge in [0.25, 0.3) is 0 Å². The van der Waals surface area contributed by atoms with Crippen molar-refractivity contribution in [1.29, 1.82) is 0 Å². The molecule has 3 heteroatoms. The van der Waals surface area contributed by atoms with Crippen molar-refractivity contribution >= 4 is 11.1 Å². The predicted molar refractivity (Wildman–Crippen MR) is 113 cm³/mol. The molecule has 0 saturated carbocycles. The molecule has 0 aliphatic rings. The summed E-state index contributed by atoms with van der Waals surface area (Å²) in [5.41, 5.74) is 1.95. The molecule has 0 fully saturated rings. The highest BCUT2D eigenvalue weighted by Gasteiger charge is 2.08. The summed E-state index contributed by atoms with van der Waals surface area (Å²) in [7, 11) is 0. The lowest BCUT2D eigenvalue weighted by Crippen LogP contribution is -2.04. The fourth-order valence-corrected chi connectivity index (χ4v) is 1.88. The van der Waals surface area contributed by atoms with Crippen molar-refractivity contribution in [2.24, 2.45) is 0 Å². The number of aryl methyl sites for hydroxylation is 1. The summed E-state index contributed by atoms with van der Waals surface area (Å²) < 4.78 is 0. The van der Waals surface area contributed by atoms with Gasteiger partial charge >= 0.3 is 0 Å². The van der Waals surface area contributed by atoms with Gasteiger partial charge in [-0.3, -0.25) is 0 Å². The van der Waals surface area contributed by atoms with Crippen LogP contribution in [0.3, 0.4) is 0 Å². The van der Waals surface area contributed by atoms with Gasteiger partial charge in [0.15, 0.2) is 11.6 Å². The van der Waals surface area contributed by atoms with Crippen LogP contribution in [-0.4, -0.2) is 15.0 Å². The van der Waals surface area contributed by atoms with E-state index < -0.39 is 0 Å². The summed E-state index contributed by atoms with van der Waals surface area (Å²) in [6.45, 7) is 19.7. The molecule has 25 heavy (non-hydrogen) atoms. The second-order valence-electron chi connectivity index (χ2n) is 4.46. The molecule has 0 N–H and O–H groups in total. The maximum atomic E-state index is 4.60. The van der Waals surface area contributed by atoms with E-state index in [-0.39, 0.29) is 0 Å². The second-order valence-corrected chi connectivity index (χ2v) is 4.46. The smallest absolute Gasteiger partial charge is 0.163 e. The molecule has 3 nitrogen and oxygen atoms in total. The molecule has 0 aliphatic heterocycles. The van der Waals surface area contributed by atoms with Crippen LogP contribution in [0.2, 0.25) is 0 Å². The Morgan fingerprint density at radius 1 is 0.880 bits per heavy atom. The third kappa shape index (κ3) is 9.55. The minimum Gasteiger partial charge on any atom is -0.213 e. The van der Waals surface area contributed by atoms with E-state index >= 15 is 0 Å². The highest BCUT2D eigenvalue weighted by molar-refractivity contribution is 5.73. The van der Waals surface area contributed by atoms with Gasteiger partial charge in [-0.2, -0.15) is 0 Å². The molecule has 0 amide bonds. The van der Waals surface area contributed by atoms with Crippen molar-refractivity contribution in [3.05, 3.63) is 66.6 Å². The van der Waals surface area contributed by atoms with E-state index in [0.717, 1.165) is 17.6 Å². The topological polar surface area (TPSA) is 38.7 Å². The standard InChI is InChI=1S/C18H23N3.2C2H6/c1-6-10-15(11-7-2)17-19-14(5)20-18(21-17)16(12-8-3)13-9-4;2*1-2/h6-8,10-13H,1,9H2,2-5H3;2*1-2H3/b11-7-,12-8-,15-10+,16-13+;;. The van der Waals surface area contributed by atoms with Crippen LogP contribution in [0, 0.1) is 6.92 Å². The minimum atomic E-state index is 0.669. The van der Waals surface area contributed by atoms with Crippen molar-refractivity contribution in [1.82, 2.24) is 15.0 Å². The van der Waals surface area contributed by atoms with Crippen molar-refractivity contribution in [3.63, 3.8) is 0 Å². The number of hydrogen-bond acceptors (Lipinski definition) is 3. The SMILES string of the molecule is C=C/C=C(\C=C/C)c1nc(C)nc(C(/C=C\C)=C/CC)n1.CC.CC. The van der Waals surface area contributed by atoms with Crippen molar-refractivity contribution in [2.45, 2.75) is 61.8 Å². The highest BCUT2D eigenvalue weighted by atomic mass is 15.0. The van der Waals surface area contributed by atoms with Crippen molar-refractivity contribution in [2.75, 3.05) is 0 Å². The number of hydrogen-bond donors (Lipinski definition) is 0. The fourth-order valence-electron chi connectivity index (χ4n) is 1.88. The first kappa shape index (κ1) is 25.0. The van der Waals surface area contributed by atoms with Gasteiger partial charge in [-0.1, -0.05) is 83.7 Å². The number of allylic oxidation sites excluding steroid dienone is 9. The molecular formula is C22H35N3. The lowest BCUT2D eigenvalue weighted by molar-refractivity contribution is 0.933. The molecule has 1 rings (SSSR count). The van der Waals surface area contributed by atoms with Gasteiger partial charge in [-0.15, -0.1) is 0 Å². The van der Waals surface area contributed by atoms with E-state index in [0.29, 0.717) is 17.5 Å². The third-order valence-electron chi connectivity index (χ3n) is 2.68. The number of nitrogens with zero attached hydrogens (tertiary/aromatic N) is 3. The Morgan fingerprint density at radius 2 is 1.36 bits per heavy atom. The molecule has 0 aliphatic carbocycles. The van der Waals surface area contributed by atoms with Crippen LogP contribution in [0.1, 0.15) is 72.4 Å². The molecule has 0 saturated heterocycles. The maximum absolute atomic E-state index is 4.60. The van der Waals surface area contributed by atoms with E-state index in [1.54, 1.807) is 6.08 Å². The van der Waals surface area contributed by atoms with Crippen molar-refractivity contribution < 1.29 is 0 Å². The Bertz CT molecular complexity index is 606. The van der Waals surface area contributed by atoms with E-state index in [4.69, 9.17) is 0 Å². The minimum absolute atomic E-state index is 0.669. The zero-order valence-corrected chi connectivity index (χ0v) is 17.3. The average molecular weight is 342 g/mol. The van der Waals surface area contributed by atoms with Gasteiger partial charge in [0.2, 0.25) is 0 Å². The summed E-state index contributed by atoms with van der Waals surface area (Å²) in [5, 5.41) is 0. The van der Waals surface area contributed by atoms with Crippen LogP contribution in [0.25, 0.3) is 11.1 Å². The zero-order valence-electron chi connectivity index (χ0n) is 17.3. The Kier molecular flexibility index (Phi) is 16.5. The molecule has 1 aromatic rings. The van der Waals surface area contributed by atoms with Crippen molar-refractivity contribution in [3.8, 4) is 0 Å². The number of aromatic nitrogens is 3. The van der Waals surface area contributed by atoms with E-state index in [9.17, 15) is 0 Å². The van der Waals surface area contributed by atoms with Gasteiger partial charge in [0, 0.05) is 11.1 Å². The Balaban J connectivity index is 0. The molecule has 0 radical (unpaired) electrons. The van der Waals surface area contributed by atoms with Gasteiger partial charge in [-0.25, -0.2) is 15.0 Å². The highest BCUT2D eigenvalue weighted by Crippen LogP contribution is 2.17. The first-order valence-corrected chi connectivity index (χ1v) is 9.17. The Morgan fingerprint density at radius 3 is 1.80 bits per heavy atom. The lowest BCUT2D eigenvalue weighted by Gasteiger charge is -2.06. The number of rotatable bonds is 6. The summed E-state index contributed by atoms with van der Waals surface area (Å²) in [5.74, 6) is 2.08. The van der Waals surface area contributed by atoms with Crippen LogP contribution in [0.5, 0.6) is 0 Å². The molecule has 1 heterocycles. The maximum Gasteiger partial charge on any atom is 0.163 e. The van der Waals surface area contributed by atoms with Crippen LogP contribution < -0.4 is 0 Å². The molecule has 0 bridgehead atoms. The summed E-state index contributed by atoms with van der Waals surface area (Å²) >= 11 is 0. The fraction of sp³-hybridized carbons (Fsp3) is 0.409. The van der Waals surface area contributed by atoms with Gasteiger partial charge in [-0.05, 0) is 27.2 Å². The van der Waals surface area contributed by atoms with Gasteiger partial charge in [0.1, 0.15) is 5.82 Å². The lowest BCUT2D eigenvalue weighted by atomic mass is 10.1. The first-order chi connectivity index (χ1) is 12.2. The monoisotopic (exact) mass is 341 g/mol. The van der Waals surface area contributed by atoms with Gasteiger partial charge in [0.05, 0.1) is 0 Å². The quantitative estimate of drug-likeness (QED) is 0.537. The van der Waals surface area contributed by atoms with Crippen LogP contribution in [-0.2, 0) is 0 Å². The summed E-state index contributed by atoms with van der Waals surface area (Å²) in [4.78, 5) is 13.5. The van der Waals surface area contributed by atoms with E-state index in [1.807, 2.05) is 78.8 Å². The van der Waals surface area contributed by atoms with Crippen LogP contribution in [0.15, 0.2) is 49.1 Å². The zero-order chi connectivity index (χ0) is 19.7. The van der Waals surface area contributed by atoms with E-state index in [2.05, 4.69) is 34.5 Å². The average Bonchev–Trinajstić information content (AvgIpc) is 2.64. The second kappa shape index (κ2) is 16.6. The predicted octanol–water partition coefficient (Wildman–Crippen LogP) is 6.75. The Hall–Kier alpha value is -2.29. The van der Waals surface area contributed by atoms with Crippen LogP contribution >= 0.6 is 0 Å². The van der Waals surface area contributed by atoms with Gasteiger partial charge < -0.3 is 0 Å². The Labute approximate surface area is 155 Å². The molecule has 0 atom stereocenters. The molecule has 0 unspecified atom stereocenters. The first-order valence-electron chi connectivity index (χ1n) is 9.17. The third-order valence-corrected chi connectivity index (χ3v) is 2.68. The summed E-state index contributed by atoms with van der Waals surface area (Å²) in [6, 6.07) is 0. The van der Waals surface area contributed by atoms with Crippen LogP contribution in [0.4, 0.5) is 0 Å². The largest absolute Gasteiger partial charge is 0.213 e. The molecule has 1 aromatic heterocycles. The molecule has 0 aromatic carbocycles. The molecular weight excluding hydrogens is 306 g/mol. The van der Waals surface area contributed by atoms with E-state index in [1.165, 1.54) is 0 Å². The summed E-state index contributed by atoms with van der Waals surface area (Å²) in [6.07, 6.45) is 14.6. The normalized spacial score (nSPS) is 11.7.